The maximum atomic E-state index is 7.00. The maximum absolute atomic E-state index is 7.00. The van der Waals surface area contributed by atoms with Crippen molar-refractivity contribution in [3.8, 4) is 22.3 Å². The summed E-state index contributed by atoms with van der Waals surface area (Å²) in [7, 11) is 0. The minimum absolute atomic E-state index is 0.149. The Bertz CT molecular complexity index is 2970. The Hall–Kier alpha value is -6.58. The van der Waals surface area contributed by atoms with Crippen molar-refractivity contribution in [2.24, 2.45) is 11.8 Å². The van der Waals surface area contributed by atoms with Crippen molar-refractivity contribution < 1.29 is 13.3 Å². The van der Waals surface area contributed by atoms with Crippen LogP contribution in [0.3, 0.4) is 0 Å². The third-order valence-electron chi connectivity index (χ3n) is 11.0. The van der Waals surface area contributed by atoms with Gasteiger partial charge in [-0.05, 0) is 78.5 Å². The minimum atomic E-state index is 0.149. The zero-order valence-electron chi connectivity index (χ0n) is 27.5. The lowest BCUT2D eigenvalue weighted by Crippen LogP contribution is -2.40. The maximum Gasteiger partial charge on any atom is 0.142 e. The van der Waals surface area contributed by atoms with Crippen LogP contribution in [-0.4, -0.2) is 0 Å². The smallest absolute Gasteiger partial charge is 0.142 e. The normalized spacial score (nSPS) is 16.8. The summed E-state index contributed by atoms with van der Waals surface area (Å²) in [6.07, 6.45) is 16.3. The van der Waals surface area contributed by atoms with Crippen LogP contribution < -0.4 is 10.4 Å². The second-order valence-electron chi connectivity index (χ2n) is 13.6. The van der Waals surface area contributed by atoms with E-state index in [2.05, 4.69) is 140 Å². The molecule has 0 saturated heterocycles. The van der Waals surface area contributed by atoms with Gasteiger partial charge in [0.25, 0.3) is 0 Å². The van der Waals surface area contributed by atoms with Gasteiger partial charge in [-0.1, -0.05) is 121 Å². The summed E-state index contributed by atoms with van der Waals surface area (Å²) in [6.45, 7) is 0. The van der Waals surface area contributed by atoms with Gasteiger partial charge < -0.3 is 13.3 Å². The molecule has 2 aliphatic carbocycles. The van der Waals surface area contributed by atoms with E-state index in [0.717, 1.165) is 44.2 Å². The fraction of sp³-hybridized carbons (Fsp3) is 0.0417. The van der Waals surface area contributed by atoms with Gasteiger partial charge in [0.2, 0.25) is 0 Å². The molecular weight excluding hydrogens is 625 g/mol. The van der Waals surface area contributed by atoms with Crippen LogP contribution >= 0.6 is 0 Å². The van der Waals surface area contributed by atoms with Crippen molar-refractivity contribution in [2.45, 2.75) is 0 Å². The Morgan fingerprint density at radius 1 is 0.431 bits per heavy atom. The first kappa shape index (κ1) is 28.3. The zero-order chi connectivity index (χ0) is 33.5. The highest BCUT2D eigenvalue weighted by Gasteiger charge is 2.33. The molecule has 0 N–H and O–H groups in total. The lowest BCUT2D eigenvalue weighted by Gasteiger charge is -2.32. The van der Waals surface area contributed by atoms with Gasteiger partial charge in [0.05, 0.1) is 25.1 Å². The molecule has 3 nitrogen and oxygen atoms in total. The van der Waals surface area contributed by atoms with Crippen LogP contribution in [0.25, 0.3) is 76.9 Å². The van der Waals surface area contributed by atoms with Crippen molar-refractivity contribution in [1.82, 2.24) is 0 Å². The second kappa shape index (κ2) is 11.0. The lowest BCUT2D eigenvalue weighted by atomic mass is 9.70. The zero-order valence-corrected chi connectivity index (χ0v) is 27.5. The van der Waals surface area contributed by atoms with Gasteiger partial charge in [-0.15, -0.1) is 0 Å². The molecule has 2 aliphatic rings. The number of rotatable bonds is 4. The van der Waals surface area contributed by atoms with Crippen molar-refractivity contribution in [3.63, 3.8) is 0 Å². The Labute approximate surface area is 293 Å². The first-order valence-corrected chi connectivity index (χ1v) is 17.5. The number of hydrogen-bond acceptors (Lipinski definition) is 3. The van der Waals surface area contributed by atoms with E-state index in [1.165, 1.54) is 54.3 Å². The number of allylic oxidation sites excluding steroid dienone is 4. The monoisotopic (exact) mass is 654 g/mol. The van der Waals surface area contributed by atoms with Gasteiger partial charge >= 0.3 is 0 Å². The number of benzene rings is 6. The third-order valence-corrected chi connectivity index (χ3v) is 11.0. The van der Waals surface area contributed by atoms with E-state index >= 15 is 0 Å². The summed E-state index contributed by atoms with van der Waals surface area (Å²) in [6, 6.07) is 43.7. The SMILES string of the molecule is C1=CC2C(c3ccoc3)=c3ccccc3=C(c3cccc4c3oc3cc(-c5c6ccccc6c(-c6ccoc6)c6ccccc56)ccc34)C2C=C1. The quantitative estimate of drug-likeness (QED) is 0.177. The summed E-state index contributed by atoms with van der Waals surface area (Å²) in [4.78, 5) is 0. The first-order valence-electron chi connectivity index (χ1n) is 17.5. The summed E-state index contributed by atoms with van der Waals surface area (Å²) >= 11 is 0. The van der Waals surface area contributed by atoms with Crippen molar-refractivity contribution in [1.29, 1.82) is 0 Å². The molecule has 9 aromatic rings. The number of furan rings is 3. The fourth-order valence-electron chi connectivity index (χ4n) is 8.88. The van der Waals surface area contributed by atoms with E-state index in [0.29, 0.717) is 0 Å². The number of hydrogen-bond donors (Lipinski definition) is 0. The molecule has 0 saturated carbocycles. The van der Waals surface area contributed by atoms with Crippen molar-refractivity contribution >= 4 is 54.6 Å². The highest BCUT2D eigenvalue weighted by Crippen LogP contribution is 2.46. The molecule has 0 bridgehead atoms. The standard InChI is InChI=1S/C48H30O3/c1-3-12-35-33(10-1)44(34-11-2-4-13-36(34)45(35)30-22-24-49-27-30)29-20-21-32-41-18-9-19-42(48(41)51-43(32)26-29)47-39-16-7-5-14-37(39)46(31-23-25-50-28-31)38-15-6-8-17-40(38)47/h1-28,37,39H. The van der Waals surface area contributed by atoms with Gasteiger partial charge in [0.1, 0.15) is 11.2 Å². The van der Waals surface area contributed by atoms with Crippen molar-refractivity contribution in [2.75, 3.05) is 0 Å². The molecular formula is C48H30O3. The fourth-order valence-corrected chi connectivity index (χ4v) is 8.88. The van der Waals surface area contributed by atoms with Gasteiger partial charge in [0.15, 0.2) is 0 Å². The molecule has 3 heterocycles. The van der Waals surface area contributed by atoms with Crippen LogP contribution in [0.5, 0.6) is 0 Å². The molecule has 3 aromatic heterocycles. The molecule has 0 radical (unpaired) electrons. The van der Waals surface area contributed by atoms with Crippen LogP contribution in [0.1, 0.15) is 11.1 Å². The minimum Gasteiger partial charge on any atom is -0.472 e. The number of para-hydroxylation sites is 1. The molecule has 240 valence electrons. The molecule has 6 aromatic carbocycles. The topological polar surface area (TPSA) is 39.4 Å². The van der Waals surface area contributed by atoms with Gasteiger partial charge in [-0.25, -0.2) is 0 Å². The van der Waals surface area contributed by atoms with E-state index in [4.69, 9.17) is 13.3 Å². The number of fused-ring (bicyclic) bond motifs is 7. The predicted molar refractivity (Wildman–Crippen MR) is 207 cm³/mol. The van der Waals surface area contributed by atoms with Crippen LogP contribution in [0.15, 0.2) is 184 Å². The van der Waals surface area contributed by atoms with Gasteiger partial charge in [-0.2, -0.15) is 0 Å². The second-order valence-corrected chi connectivity index (χ2v) is 13.6. The van der Waals surface area contributed by atoms with Crippen LogP contribution in [-0.2, 0) is 0 Å². The van der Waals surface area contributed by atoms with Crippen LogP contribution in [0.2, 0.25) is 0 Å². The molecule has 0 aliphatic heterocycles. The summed E-state index contributed by atoms with van der Waals surface area (Å²) in [5.74, 6) is 0.325. The first-order chi connectivity index (χ1) is 25.3. The summed E-state index contributed by atoms with van der Waals surface area (Å²) in [5, 5.41) is 9.51. The van der Waals surface area contributed by atoms with Gasteiger partial charge in [0, 0.05) is 44.9 Å². The average Bonchev–Trinajstić information content (AvgIpc) is 3.98. The Balaban J connectivity index is 1.17. The van der Waals surface area contributed by atoms with E-state index in [-0.39, 0.29) is 11.8 Å². The lowest BCUT2D eigenvalue weighted by molar-refractivity contribution is 0.565. The van der Waals surface area contributed by atoms with Crippen LogP contribution in [0.4, 0.5) is 0 Å². The summed E-state index contributed by atoms with van der Waals surface area (Å²) < 4.78 is 18.1. The molecule has 0 spiro atoms. The van der Waals surface area contributed by atoms with E-state index in [9.17, 15) is 0 Å². The summed E-state index contributed by atoms with van der Waals surface area (Å²) in [5.41, 5.74) is 11.3. The van der Waals surface area contributed by atoms with E-state index in [1.807, 2.05) is 18.6 Å². The predicted octanol–water partition coefficient (Wildman–Crippen LogP) is 11.2. The van der Waals surface area contributed by atoms with E-state index < -0.39 is 0 Å². The highest BCUT2D eigenvalue weighted by atomic mass is 16.3. The Morgan fingerprint density at radius 2 is 1.00 bits per heavy atom. The Kier molecular flexibility index (Phi) is 6.08. The largest absolute Gasteiger partial charge is 0.472 e. The molecule has 3 heteroatoms. The molecule has 51 heavy (non-hydrogen) atoms. The molecule has 11 rings (SSSR count). The van der Waals surface area contributed by atoms with E-state index in [1.54, 1.807) is 12.5 Å². The Morgan fingerprint density at radius 3 is 1.65 bits per heavy atom. The highest BCUT2D eigenvalue weighted by molar-refractivity contribution is 6.22. The average molecular weight is 655 g/mol. The molecule has 0 amide bonds. The molecule has 2 atom stereocenters. The molecule has 0 fully saturated rings. The van der Waals surface area contributed by atoms with Gasteiger partial charge in [-0.3, -0.25) is 0 Å². The third kappa shape index (κ3) is 4.12. The molecule has 2 unspecified atom stereocenters. The van der Waals surface area contributed by atoms with Crippen molar-refractivity contribution in [3.05, 3.63) is 192 Å². The van der Waals surface area contributed by atoms with Crippen LogP contribution in [0, 0.1) is 11.8 Å².